The summed E-state index contributed by atoms with van der Waals surface area (Å²) >= 11 is 6.66. The molecule has 0 spiro atoms. The third-order valence-electron chi connectivity index (χ3n) is 6.46. The lowest BCUT2D eigenvalue weighted by Gasteiger charge is -2.35. The number of piperazine rings is 1. The Labute approximate surface area is 219 Å². The number of rotatable bonds is 5. The van der Waals surface area contributed by atoms with Crippen LogP contribution in [0.25, 0.3) is 32.9 Å². The number of hydrogen-bond acceptors (Lipinski definition) is 6. The third kappa shape index (κ3) is 4.71. The number of carbonyl (C=O) groups is 1. The van der Waals surface area contributed by atoms with Crippen molar-refractivity contribution in [1.82, 2.24) is 25.1 Å². The number of halogens is 5. The average Bonchev–Trinajstić information content (AvgIpc) is 3.37. The summed E-state index contributed by atoms with van der Waals surface area (Å²) in [6, 6.07) is 5.13. The predicted molar refractivity (Wildman–Crippen MR) is 138 cm³/mol. The first-order valence-electron chi connectivity index (χ1n) is 11.7. The summed E-state index contributed by atoms with van der Waals surface area (Å²) < 4.78 is 55.2. The number of anilines is 2. The number of amides is 1. The molecule has 5 rings (SSSR count). The van der Waals surface area contributed by atoms with Crippen LogP contribution in [0.1, 0.15) is 5.56 Å². The van der Waals surface area contributed by atoms with Gasteiger partial charge in [-0.15, -0.1) is 0 Å². The molecule has 1 amide bonds. The van der Waals surface area contributed by atoms with Gasteiger partial charge in [0.05, 0.1) is 16.7 Å². The van der Waals surface area contributed by atoms with Crippen LogP contribution in [0.4, 0.5) is 29.3 Å². The summed E-state index contributed by atoms with van der Waals surface area (Å²) in [5, 5.41) is 10.0. The van der Waals surface area contributed by atoms with Crippen molar-refractivity contribution < 1.29 is 22.4 Å². The van der Waals surface area contributed by atoms with Gasteiger partial charge in [0.25, 0.3) is 0 Å². The number of H-pyrrole nitrogens is 1. The standard InChI is InChI=1S/C25H22ClF4N7O/c1-3-18(38)36-6-8-37(9-7-36)23-14-10-16(26)20(19-13(2)4-5-17-15(19)11-32-35-17)21(27)22(14)33-24(34-23)31-12-25(28,29)30/h3-5,10-11H,1,6-9,12H2,2H3,(H,32,35)(H,31,33,34). The molecule has 0 atom stereocenters. The smallest absolute Gasteiger partial charge is 0.352 e. The molecule has 198 valence electrons. The lowest BCUT2D eigenvalue weighted by Crippen LogP contribution is -2.48. The van der Waals surface area contributed by atoms with E-state index >= 15 is 4.39 Å². The van der Waals surface area contributed by atoms with Crippen molar-refractivity contribution in [3.05, 3.63) is 53.5 Å². The normalized spacial score (nSPS) is 14.4. The summed E-state index contributed by atoms with van der Waals surface area (Å²) in [7, 11) is 0. The first kappa shape index (κ1) is 25.7. The Balaban J connectivity index is 1.67. The quantitative estimate of drug-likeness (QED) is 0.267. The molecule has 2 N–H and O–H groups in total. The van der Waals surface area contributed by atoms with Gasteiger partial charge in [-0.3, -0.25) is 9.89 Å². The van der Waals surface area contributed by atoms with Crippen LogP contribution in [0.5, 0.6) is 0 Å². The molecule has 0 radical (unpaired) electrons. The molecular weight excluding hydrogens is 526 g/mol. The van der Waals surface area contributed by atoms with Crippen LogP contribution in [-0.4, -0.2) is 69.9 Å². The SMILES string of the molecule is C=CC(=O)N1CCN(c2nc(NCC(F)(F)F)nc3c(F)c(-c4c(C)ccc5[nH]ncc45)c(Cl)cc23)CC1. The molecule has 1 aliphatic heterocycles. The number of aromatic nitrogens is 4. The van der Waals surface area contributed by atoms with Crippen LogP contribution in [0.15, 0.2) is 37.1 Å². The van der Waals surface area contributed by atoms with Crippen molar-refractivity contribution in [2.24, 2.45) is 0 Å². The molecule has 2 aromatic carbocycles. The zero-order valence-corrected chi connectivity index (χ0v) is 20.9. The van der Waals surface area contributed by atoms with E-state index in [2.05, 4.69) is 32.1 Å². The number of hydrogen-bond donors (Lipinski definition) is 2. The van der Waals surface area contributed by atoms with Crippen molar-refractivity contribution >= 4 is 51.1 Å². The molecule has 8 nitrogen and oxygen atoms in total. The van der Waals surface area contributed by atoms with Gasteiger partial charge in [0.1, 0.15) is 17.9 Å². The first-order chi connectivity index (χ1) is 18.1. The molecule has 3 heterocycles. The van der Waals surface area contributed by atoms with E-state index in [1.165, 1.54) is 12.1 Å². The number of aryl methyl sites for hydroxylation is 1. The van der Waals surface area contributed by atoms with Gasteiger partial charge < -0.3 is 15.1 Å². The van der Waals surface area contributed by atoms with E-state index in [-0.39, 0.29) is 39.2 Å². The number of fused-ring (bicyclic) bond motifs is 2. The van der Waals surface area contributed by atoms with Gasteiger partial charge >= 0.3 is 6.18 Å². The molecule has 2 aromatic heterocycles. The zero-order valence-electron chi connectivity index (χ0n) is 20.2. The Kier molecular flexibility index (Phi) is 6.59. The second-order valence-corrected chi connectivity index (χ2v) is 9.30. The summed E-state index contributed by atoms with van der Waals surface area (Å²) in [4.78, 5) is 23.8. The maximum absolute atomic E-state index is 16.3. The minimum atomic E-state index is -4.53. The Morgan fingerprint density at radius 2 is 1.92 bits per heavy atom. The highest BCUT2D eigenvalue weighted by Crippen LogP contribution is 2.42. The fraction of sp³-hybridized carbons (Fsp3) is 0.280. The topological polar surface area (TPSA) is 90.0 Å². The van der Waals surface area contributed by atoms with E-state index in [1.807, 2.05) is 6.07 Å². The highest BCUT2D eigenvalue weighted by Gasteiger charge is 2.29. The number of nitrogens with zero attached hydrogens (tertiary/aromatic N) is 5. The summed E-state index contributed by atoms with van der Waals surface area (Å²) in [6.45, 7) is 5.20. The molecule has 0 bridgehead atoms. The van der Waals surface area contributed by atoms with Crippen LogP contribution in [0.3, 0.4) is 0 Å². The van der Waals surface area contributed by atoms with Gasteiger partial charge in [-0.2, -0.15) is 23.3 Å². The predicted octanol–water partition coefficient (Wildman–Crippen LogP) is 5.08. The Hall–Kier alpha value is -3.93. The number of benzene rings is 2. The number of carbonyl (C=O) groups excluding carboxylic acids is 1. The van der Waals surface area contributed by atoms with E-state index < -0.39 is 18.5 Å². The van der Waals surface area contributed by atoms with Gasteiger partial charge in [0.15, 0.2) is 5.82 Å². The molecule has 0 saturated carbocycles. The number of aromatic amines is 1. The van der Waals surface area contributed by atoms with Crippen LogP contribution in [0.2, 0.25) is 5.02 Å². The van der Waals surface area contributed by atoms with Gasteiger partial charge in [-0.25, -0.2) is 9.37 Å². The lowest BCUT2D eigenvalue weighted by atomic mass is 9.95. The summed E-state index contributed by atoms with van der Waals surface area (Å²) in [5.41, 5.74) is 1.79. The molecule has 1 fully saturated rings. The van der Waals surface area contributed by atoms with Crippen molar-refractivity contribution in [2.45, 2.75) is 13.1 Å². The third-order valence-corrected chi connectivity index (χ3v) is 6.76. The first-order valence-corrected chi connectivity index (χ1v) is 12.0. The second kappa shape index (κ2) is 9.75. The Morgan fingerprint density at radius 3 is 2.61 bits per heavy atom. The second-order valence-electron chi connectivity index (χ2n) is 8.89. The van der Waals surface area contributed by atoms with Crippen LogP contribution in [-0.2, 0) is 4.79 Å². The monoisotopic (exact) mass is 547 g/mol. The maximum atomic E-state index is 16.3. The van der Waals surface area contributed by atoms with Gasteiger partial charge in [0, 0.05) is 48.1 Å². The molecular formula is C25H22ClF4N7O. The Morgan fingerprint density at radius 1 is 1.18 bits per heavy atom. The maximum Gasteiger partial charge on any atom is 0.405 e. The largest absolute Gasteiger partial charge is 0.405 e. The van der Waals surface area contributed by atoms with Crippen LogP contribution >= 0.6 is 11.6 Å². The molecule has 0 aliphatic carbocycles. The molecule has 1 aliphatic rings. The summed E-state index contributed by atoms with van der Waals surface area (Å²) in [6.07, 6.45) is -1.76. The van der Waals surface area contributed by atoms with Gasteiger partial charge in [-0.05, 0) is 30.7 Å². The molecule has 38 heavy (non-hydrogen) atoms. The number of nitrogens with one attached hydrogen (secondary N) is 2. The minimum Gasteiger partial charge on any atom is -0.352 e. The van der Waals surface area contributed by atoms with Gasteiger partial charge in [0.2, 0.25) is 11.9 Å². The van der Waals surface area contributed by atoms with Crippen molar-refractivity contribution in [3.63, 3.8) is 0 Å². The van der Waals surface area contributed by atoms with E-state index in [9.17, 15) is 18.0 Å². The highest BCUT2D eigenvalue weighted by molar-refractivity contribution is 6.35. The minimum absolute atomic E-state index is 0.0662. The van der Waals surface area contributed by atoms with E-state index in [0.29, 0.717) is 42.6 Å². The summed E-state index contributed by atoms with van der Waals surface area (Å²) in [5.74, 6) is -1.17. The van der Waals surface area contributed by atoms with E-state index in [0.717, 1.165) is 5.56 Å². The Bertz CT molecular complexity index is 1560. The molecule has 4 aromatic rings. The van der Waals surface area contributed by atoms with E-state index in [1.54, 1.807) is 29.0 Å². The fourth-order valence-corrected chi connectivity index (χ4v) is 4.92. The molecule has 13 heteroatoms. The molecule has 1 saturated heterocycles. The lowest BCUT2D eigenvalue weighted by molar-refractivity contribution is -0.126. The zero-order chi connectivity index (χ0) is 27.2. The molecule has 0 unspecified atom stereocenters. The fourth-order valence-electron chi connectivity index (χ4n) is 4.63. The van der Waals surface area contributed by atoms with Crippen LogP contribution < -0.4 is 10.2 Å². The van der Waals surface area contributed by atoms with Crippen molar-refractivity contribution in [2.75, 3.05) is 42.9 Å². The van der Waals surface area contributed by atoms with Crippen LogP contribution in [0, 0.1) is 12.7 Å². The average molecular weight is 548 g/mol. The number of alkyl halides is 3. The van der Waals surface area contributed by atoms with E-state index in [4.69, 9.17) is 11.6 Å². The van der Waals surface area contributed by atoms with Gasteiger partial charge in [-0.1, -0.05) is 24.2 Å². The van der Waals surface area contributed by atoms with Crippen molar-refractivity contribution in [1.29, 1.82) is 0 Å². The van der Waals surface area contributed by atoms with Crippen molar-refractivity contribution in [3.8, 4) is 11.1 Å². The highest BCUT2D eigenvalue weighted by atomic mass is 35.5.